The third-order valence-corrected chi connectivity index (χ3v) is 5.51. The van der Waals surface area contributed by atoms with Gasteiger partial charge in [-0.3, -0.25) is 9.52 Å². The Labute approximate surface area is 145 Å². The van der Waals surface area contributed by atoms with Crippen LogP contribution in [0.4, 0.5) is 5.13 Å². The zero-order valence-corrected chi connectivity index (χ0v) is 15.4. The Balaban J connectivity index is 2.09. The highest BCUT2D eigenvalue weighted by Crippen LogP contribution is 2.28. The number of esters is 1. The van der Waals surface area contributed by atoms with E-state index in [9.17, 15) is 13.2 Å². The van der Waals surface area contributed by atoms with Crippen molar-refractivity contribution in [3.8, 4) is 5.06 Å². The zero-order chi connectivity index (χ0) is 17.7. The molecular formula is C16H20N2O4S2. The summed E-state index contributed by atoms with van der Waals surface area (Å²) >= 11 is 0.972. The maximum Gasteiger partial charge on any atom is 0.312 e. The van der Waals surface area contributed by atoms with E-state index in [2.05, 4.69) is 9.71 Å². The number of nitrogens with zero attached hydrogens (tertiary/aromatic N) is 1. The number of rotatable bonds is 7. The molecule has 6 nitrogen and oxygen atoms in total. The largest absolute Gasteiger partial charge is 0.414 e. The number of carbonyl (C=O) groups excluding carboxylic acids is 1. The van der Waals surface area contributed by atoms with Crippen LogP contribution >= 0.6 is 11.3 Å². The molecule has 0 unspecified atom stereocenters. The van der Waals surface area contributed by atoms with Crippen LogP contribution in [0.5, 0.6) is 5.06 Å². The van der Waals surface area contributed by atoms with Gasteiger partial charge in [0.15, 0.2) is 5.13 Å². The number of hydrogen-bond donors (Lipinski definition) is 1. The van der Waals surface area contributed by atoms with Gasteiger partial charge >= 0.3 is 5.97 Å². The van der Waals surface area contributed by atoms with Crippen LogP contribution < -0.4 is 9.46 Å². The van der Waals surface area contributed by atoms with Crippen molar-refractivity contribution >= 4 is 32.5 Å². The van der Waals surface area contributed by atoms with E-state index in [0.717, 1.165) is 16.9 Å². The highest BCUT2D eigenvalue weighted by atomic mass is 32.2. The van der Waals surface area contributed by atoms with Crippen LogP contribution in [-0.4, -0.2) is 19.4 Å². The summed E-state index contributed by atoms with van der Waals surface area (Å²) in [5.41, 5.74) is 1.06. The van der Waals surface area contributed by atoms with E-state index in [0.29, 0.717) is 18.8 Å². The minimum atomic E-state index is -3.72. The third-order valence-electron chi connectivity index (χ3n) is 3.23. The minimum Gasteiger partial charge on any atom is -0.414 e. The van der Waals surface area contributed by atoms with E-state index < -0.39 is 10.0 Å². The van der Waals surface area contributed by atoms with Gasteiger partial charge in [0.2, 0.25) is 5.06 Å². The molecule has 0 spiro atoms. The van der Waals surface area contributed by atoms with Crippen molar-refractivity contribution in [2.45, 2.75) is 44.4 Å². The summed E-state index contributed by atoms with van der Waals surface area (Å²) in [5, 5.41) is 0.420. The van der Waals surface area contributed by atoms with Gasteiger partial charge in [0.05, 0.1) is 11.1 Å². The maximum absolute atomic E-state index is 12.4. The number of hydrogen-bond acceptors (Lipinski definition) is 6. The van der Waals surface area contributed by atoms with Crippen molar-refractivity contribution in [1.82, 2.24) is 4.98 Å². The first-order chi connectivity index (χ1) is 11.3. The molecule has 8 heteroatoms. The Kier molecular flexibility index (Phi) is 5.95. The Morgan fingerprint density at radius 1 is 1.29 bits per heavy atom. The van der Waals surface area contributed by atoms with Gasteiger partial charge in [-0.2, -0.15) is 0 Å². The van der Waals surface area contributed by atoms with E-state index >= 15 is 0 Å². The van der Waals surface area contributed by atoms with Crippen LogP contribution in [0.3, 0.4) is 0 Å². The molecule has 0 aliphatic heterocycles. The molecule has 1 N–H and O–H groups in total. The summed E-state index contributed by atoms with van der Waals surface area (Å²) < 4.78 is 32.2. The van der Waals surface area contributed by atoms with Crippen molar-refractivity contribution in [3.05, 3.63) is 36.0 Å². The number of thiazole rings is 1. The Hall–Kier alpha value is -1.93. The molecule has 24 heavy (non-hydrogen) atoms. The Bertz CT molecular complexity index is 796. The normalized spacial score (nSPS) is 11.5. The van der Waals surface area contributed by atoms with Gasteiger partial charge < -0.3 is 4.74 Å². The van der Waals surface area contributed by atoms with Crippen LogP contribution in [0.15, 0.2) is 35.4 Å². The van der Waals surface area contributed by atoms with Crippen LogP contribution in [0.25, 0.3) is 0 Å². The molecule has 0 aliphatic rings. The molecule has 130 valence electrons. The lowest BCUT2D eigenvalue weighted by Gasteiger charge is -2.08. The van der Waals surface area contributed by atoms with Crippen molar-refractivity contribution in [3.63, 3.8) is 0 Å². The van der Waals surface area contributed by atoms with Crippen molar-refractivity contribution < 1.29 is 17.9 Å². The lowest BCUT2D eigenvalue weighted by atomic mass is 10.0. The molecular weight excluding hydrogens is 348 g/mol. The first-order valence-electron chi connectivity index (χ1n) is 7.61. The van der Waals surface area contributed by atoms with Gasteiger partial charge in [-0.15, -0.1) is 0 Å². The number of benzene rings is 1. The molecule has 1 heterocycles. The van der Waals surface area contributed by atoms with Crippen LogP contribution in [-0.2, 0) is 14.8 Å². The predicted octanol–water partition coefficient (Wildman–Crippen LogP) is 3.77. The SMILES string of the molecule is CCCC(=O)Oc1cnc(NS(=O)(=O)c2ccc(C(C)C)cc2)s1. The second-order valence-corrected chi connectivity index (χ2v) is 8.21. The first-order valence-corrected chi connectivity index (χ1v) is 9.91. The van der Waals surface area contributed by atoms with Gasteiger partial charge in [0, 0.05) is 6.42 Å². The molecule has 1 aromatic carbocycles. The van der Waals surface area contributed by atoms with Crippen LogP contribution in [0.1, 0.15) is 45.1 Å². The fourth-order valence-electron chi connectivity index (χ4n) is 1.93. The molecule has 0 saturated heterocycles. The van der Waals surface area contributed by atoms with E-state index in [4.69, 9.17) is 4.74 Å². The number of aromatic nitrogens is 1. The smallest absolute Gasteiger partial charge is 0.312 e. The number of anilines is 1. The quantitative estimate of drug-likeness (QED) is 0.752. The average molecular weight is 368 g/mol. The molecule has 2 aromatic rings. The average Bonchev–Trinajstić information content (AvgIpc) is 2.93. The summed E-state index contributed by atoms with van der Waals surface area (Å²) in [4.78, 5) is 15.5. The molecule has 1 aromatic heterocycles. The van der Waals surface area contributed by atoms with E-state index in [1.54, 1.807) is 24.3 Å². The molecule has 0 amide bonds. The lowest BCUT2D eigenvalue weighted by Crippen LogP contribution is -2.12. The van der Waals surface area contributed by atoms with Gasteiger partial charge in [-0.05, 0) is 30.0 Å². The first kappa shape index (κ1) is 18.4. The highest BCUT2D eigenvalue weighted by Gasteiger charge is 2.17. The molecule has 0 aliphatic carbocycles. The second-order valence-electron chi connectivity index (χ2n) is 5.54. The summed E-state index contributed by atoms with van der Waals surface area (Å²) in [5.74, 6) is -0.0335. The topological polar surface area (TPSA) is 85.4 Å². The third kappa shape index (κ3) is 4.78. The van der Waals surface area contributed by atoms with Gasteiger partial charge in [-0.1, -0.05) is 44.2 Å². The number of ether oxygens (including phenoxy) is 1. The highest BCUT2D eigenvalue weighted by molar-refractivity contribution is 7.93. The van der Waals surface area contributed by atoms with E-state index in [1.165, 1.54) is 6.20 Å². The number of carbonyl (C=O) groups is 1. The molecule has 2 rings (SSSR count). The molecule has 0 saturated carbocycles. The van der Waals surface area contributed by atoms with Gasteiger partial charge in [0.25, 0.3) is 10.0 Å². The second kappa shape index (κ2) is 7.76. The van der Waals surface area contributed by atoms with E-state index in [1.807, 2.05) is 20.8 Å². The maximum atomic E-state index is 12.4. The Morgan fingerprint density at radius 2 is 1.96 bits per heavy atom. The summed E-state index contributed by atoms with van der Waals surface area (Å²) in [6, 6.07) is 6.71. The monoisotopic (exact) mass is 368 g/mol. The predicted molar refractivity (Wildman–Crippen MR) is 94.0 cm³/mol. The zero-order valence-electron chi connectivity index (χ0n) is 13.8. The summed E-state index contributed by atoms with van der Waals surface area (Å²) in [6.45, 7) is 5.95. The summed E-state index contributed by atoms with van der Waals surface area (Å²) in [6.07, 6.45) is 2.32. The molecule has 0 atom stereocenters. The van der Waals surface area contributed by atoms with Gasteiger partial charge in [0.1, 0.15) is 0 Å². The fraction of sp³-hybridized carbons (Fsp3) is 0.375. The molecule has 0 radical (unpaired) electrons. The van der Waals surface area contributed by atoms with Crippen LogP contribution in [0, 0.1) is 0 Å². The lowest BCUT2D eigenvalue weighted by molar-refractivity contribution is -0.134. The fourth-order valence-corrected chi connectivity index (χ4v) is 3.85. The van der Waals surface area contributed by atoms with Crippen molar-refractivity contribution in [2.75, 3.05) is 4.72 Å². The number of nitrogens with one attached hydrogen (secondary N) is 1. The van der Waals surface area contributed by atoms with Crippen molar-refractivity contribution in [1.29, 1.82) is 0 Å². The van der Waals surface area contributed by atoms with Crippen LogP contribution in [0.2, 0.25) is 0 Å². The van der Waals surface area contributed by atoms with E-state index in [-0.39, 0.29) is 21.1 Å². The standard InChI is InChI=1S/C16H20N2O4S2/c1-4-5-14(19)22-15-10-17-16(23-15)18-24(20,21)13-8-6-12(7-9-13)11(2)3/h6-11H,4-5H2,1-3H3,(H,17,18). The summed E-state index contributed by atoms with van der Waals surface area (Å²) in [7, 11) is -3.72. The molecule has 0 fully saturated rings. The minimum absolute atomic E-state index is 0.155. The number of sulfonamides is 1. The van der Waals surface area contributed by atoms with Gasteiger partial charge in [-0.25, -0.2) is 13.4 Å². The molecule has 0 bridgehead atoms. The van der Waals surface area contributed by atoms with Crippen molar-refractivity contribution in [2.24, 2.45) is 0 Å². The Morgan fingerprint density at radius 3 is 2.54 bits per heavy atom.